The molecule has 5 heteroatoms. The number of carbonyl (C=O) groups excluding carboxylic acids is 1. The molecule has 2 heterocycles. The van der Waals surface area contributed by atoms with Crippen LogP contribution in [0.25, 0.3) is 33.1 Å². The molecule has 0 bridgehead atoms. The van der Waals surface area contributed by atoms with Crippen molar-refractivity contribution < 1.29 is 18.4 Å². The van der Waals surface area contributed by atoms with Gasteiger partial charge in [0, 0.05) is 17.0 Å². The van der Waals surface area contributed by atoms with Crippen LogP contribution in [0.5, 0.6) is 5.75 Å². The van der Waals surface area contributed by atoms with E-state index in [9.17, 15) is 9.59 Å². The summed E-state index contributed by atoms with van der Waals surface area (Å²) in [5.74, 6) is 0.580. The van der Waals surface area contributed by atoms with Crippen molar-refractivity contribution >= 4 is 27.7 Å². The maximum Gasteiger partial charge on any atom is 0.336 e. The van der Waals surface area contributed by atoms with Gasteiger partial charge >= 0.3 is 5.63 Å². The van der Waals surface area contributed by atoms with Gasteiger partial charge in [-0.25, -0.2) is 4.79 Å². The average Bonchev–Trinajstić information content (AvgIpc) is 3.24. The molecule has 0 saturated heterocycles. The van der Waals surface area contributed by atoms with E-state index in [0.717, 1.165) is 16.5 Å². The van der Waals surface area contributed by atoms with Crippen LogP contribution in [0.15, 0.2) is 92.5 Å². The van der Waals surface area contributed by atoms with Crippen molar-refractivity contribution in [2.45, 2.75) is 0 Å². The van der Waals surface area contributed by atoms with Crippen molar-refractivity contribution in [3.8, 4) is 16.9 Å². The molecule has 0 aliphatic carbocycles. The van der Waals surface area contributed by atoms with Crippen molar-refractivity contribution in [2.75, 3.05) is 7.11 Å². The SMILES string of the molecule is COc1ccc(C(=O)c2cc3c(ccc4c(-c5ccccc5)cc(=O)oc43)o2)cc1. The maximum absolute atomic E-state index is 12.9. The van der Waals surface area contributed by atoms with E-state index in [1.807, 2.05) is 36.4 Å². The number of carbonyl (C=O) groups is 1. The lowest BCUT2D eigenvalue weighted by Crippen LogP contribution is -1.99. The number of hydrogen-bond donors (Lipinski definition) is 0. The van der Waals surface area contributed by atoms with E-state index >= 15 is 0 Å². The Morgan fingerprint density at radius 3 is 2.33 bits per heavy atom. The Labute approximate surface area is 171 Å². The number of fused-ring (bicyclic) bond motifs is 3. The molecule has 0 atom stereocenters. The first-order chi connectivity index (χ1) is 14.6. The summed E-state index contributed by atoms with van der Waals surface area (Å²) < 4.78 is 16.4. The van der Waals surface area contributed by atoms with Gasteiger partial charge in [0.2, 0.25) is 5.78 Å². The summed E-state index contributed by atoms with van der Waals surface area (Å²) >= 11 is 0. The predicted octanol–water partition coefficient (Wildman–Crippen LogP) is 5.45. The van der Waals surface area contributed by atoms with Crippen LogP contribution < -0.4 is 10.4 Å². The van der Waals surface area contributed by atoms with Crippen molar-refractivity contribution in [3.63, 3.8) is 0 Å². The second-order valence-corrected chi connectivity index (χ2v) is 6.87. The third-order valence-corrected chi connectivity index (χ3v) is 5.07. The zero-order valence-electron chi connectivity index (χ0n) is 16.0. The van der Waals surface area contributed by atoms with E-state index in [2.05, 4.69) is 0 Å². The van der Waals surface area contributed by atoms with Gasteiger partial charge in [-0.3, -0.25) is 4.79 Å². The Kier molecular flexibility index (Phi) is 4.21. The Bertz CT molecular complexity index is 1440. The van der Waals surface area contributed by atoms with Gasteiger partial charge < -0.3 is 13.6 Å². The van der Waals surface area contributed by atoms with Crippen molar-refractivity contribution in [1.82, 2.24) is 0 Å². The van der Waals surface area contributed by atoms with E-state index in [0.29, 0.717) is 27.9 Å². The Hall–Kier alpha value is -4.12. The molecule has 30 heavy (non-hydrogen) atoms. The first-order valence-electron chi connectivity index (χ1n) is 9.38. The number of benzene rings is 3. The van der Waals surface area contributed by atoms with Gasteiger partial charge in [-0.2, -0.15) is 0 Å². The second kappa shape index (κ2) is 7.04. The largest absolute Gasteiger partial charge is 0.497 e. The van der Waals surface area contributed by atoms with Crippen LogP contribution in [0.3, 0.4) is 0 Å². The molecule has 0 N–H and O–H groups in total. The van der Waals surface area contributed by atoms with Crippen LogP contribution in [0.2, 0.25) is 0 Å². The third kappa shape index (κ3) is 2.97. The lowest BCUT2D eigenvalue weighted by molar-refractivity contribution is 0.101. The van der Waals surface area contributed by atoms with E-state index < -0.39 is 5.63 Å². The standard InChI is InChI=1S/C25H16O5/c1-28-17-9-7-16(8-10-17)24(27)22-13-20-21(29-22)12-11-18-19(14-23(26)30-25(18)20)15-5-3-2-4-6-15/h2-14H,1H3. The number of ether oxygens (including phenoxy) is 1. The number of ketones is 1. The van der Waals surface area contributed by atoms with Crippen LogP contribution in [-0.4, -0.2) is 12.9 Å². The lowest BCUT2D eigenvalue weighted by atomic mass is 10.0. The first kappa shape index (κ1) is 17.9. The van der Waals surface area contributed by atoms with Gasteiger partial charge in [-0.15, -0.1) is 0 Å². The first-order valence-corrected chi connectivity index (χ1v) is 9.38. The zero-order chi connectivity index (χ0) is 20.7. The summed E-state index contributed by atoms with van der Waals surface area (Å²) in [6.07, 6.45) is 0. The molecule has 5 aromatic rings. The fourth-order valence-corrected chi connectivity index (χ4v) is 3.59. The molecule has 5 rings (SSSR count). The molecule has 5 nitrogen and oxygen atoms in total. The van der Waals surface area contributed by atoms with E-state index in [-0.39, 0.29) is 11.5 Å². The minimum Gasteiger partial charge on any atom is -0.497 e. The molecule has 0 amide bonds. The Balaban J connectivity index is 1.67. The molecule has 0 aliphatic rings. The zero-order valence-corrected chi connectivity index (χ0v) is 16.0. The number of methoxy groups -OCH3 is 1. The van der Waals surface area contributed by atoms with Gasteiger partial charge in [-0.1, -0.05) is 30.3 Å². The molecule has 2 aromatic heterocycles. The minimum absolute atomic E-state index is 0.176. The third-order valence-electron chi connectivity index (χ3n) is 5.07. The quantitative estimate of drug-likeness (QED) is 0.299. The molecule has 3 aromatic carbocycles. The van der Waals surface area contributed by atoms with Crippen LogP contribution in [0, 0.1) is 0 Å². The average molecular weight is 396 g/mol. The van der Waals surface area contributed by atoms with Gasteiger partial charge in [0.15, 0.2) is 5.76 Å². The summed E-state index contributed by atoms with van der Waals surface area (Å²) in [7, 11) is 1.57. The summed E-state index contributed by atoms with van der Waals surface area (Å²) in [6, 6.07) is 23.2. The molecular weight excluding hydrogens is 380 g/mol. The highest BCUT2D eigenvalue weighted by Crippen LogP contribution is 2.34. The van der Waals surface area contributed by atoms with Crippen molar-refractivity contribution in [1.29, 1.82) is 0 Å². The van der Waals surface area contributed by atoms with Crippen LogP contribution >= 0.6 is 0 Å². The van der Waals surface area contributed by atoms with E-state index in [1.54, 1.807) is 43.5 Å². The van der Waals surface area contributed by atoms with Crippen LogP contribution in [0.4, 0.5) is 0 Å². The molecule has 0 saturated carbocycles. The Morgan fingerprint density at radius 1 is 0.833 bits per heavy atom. The predicted molar refractivity (Wildman–Crippen MR) is 114 cm³/mol. The summed E-state index contributed by atoms with van der Waals surface area (Å²) in [5, 5.41) is 1.36. The lowest BCUT2D eigenvalue weighted by Gasteiger charge is -2.05. The molecule has 0 unspecified atom stereocenters. The molecule has 0 fully saturated rings. The topological polar surface area (TPSA) is 69.7 Å². The van der Waals surface area contributed by atoms with Gasteiger partial charge in [0.1, 0.15) is 16.9 Å². The van der Waals surface area contributed by atoms with Gasteiger partial charge in [-0.05, 0) is 53.6 Å². The second-order valence-electron chi connectivity index (χ2n) is 6.87. The highest BCUT2D eigenvalue weighted by molar-refractivity contribution is 6.13. The highest BCUT2D eigenvalue weighted by atomic mass is 16.5. The summed E-state index contributed by atoms with van der Waals surface area (Å²) in [4.78, 5) is 25.1. The van der Waals surface area contributed by atoms with Crippen LogP contribution in [0.1, 0.15) is 16.1 Å². The van der Waals surface area contributed by atoms with Gasteiger partial charge in [0.25, 0.3) is 0 Å². The summed E-state index contributed by atoms with van der Waals surface area (Å²) in [6.45, 7) is 0. The normalized spacial score (nSPS) is 11.1. The fourth-order valence-electron chi connectivity index (χ4n) is 3.59. The maximum atomic E-state index is 12.9. The van der Waals surface area contributed by atoms with Crippen molar-refractivity contribution in [2.24, 2.45) is 0 Å². The van der Waals surface area contributed by atoms with Gasteiger partial charge in [0.05, 0.1) is 12.5 Å². The monoisotopic (exact) mass is 396 g/mol. The van der Waals surface area contributed by atoms with Crippen molar-refractivity contribution in [3.05, 3.63) is 101 Å². The molecule has 0 radical (unpaired) electrons. The van der Waals surface area contributed by atoms with Crippen LogP contribution in [-0.2, 0) is 0 Å². The molecule has 0 aliphatic heterocycles. The number of furan rings is 1. The molecule has 0 spiro atoms. The smallest absolute Gasteiger partial charge is 0.336 e. The molecule has 146 valence electrons. The van der Waals surface area contributed by atoms with E-state index in [1.165, 1.54) is 6.07 Å². The highest BCUT2D eigenvalue weighted by Gasteiger charge is 2.18. The van der Waals surface area contributed by atoms with E-state index in [4.69, 9.17) is 13.6 Å². The minimum atomic E-state index is -0.460. The fraction of sp³-hybridized carbons (Fsp3) is 0.0400. The molecular formula is C25H16O5. The summed E-state index contributed by atoms with van der Waals surface area (Å²) in [5.41, 5.74) is 2.58. The Morgan fingerprint density at radius 2 is 1.60 bits per heavy atom. The number of rotatable bonds is 4. The number of hydrogen-bond acceptors (Lipinski definition) is 5.